The van der Waals surface area contributed by atoms with Gasteiger partial charge in [0.1, 0.15) is 11.9 Å². The first-order valence-electron chi connectivity index (χ1n) is 8.23. The molecular formula is C19H16ClF3N4O. The van der Waals surface area contributed by atoms with Crippen LogP contribution >= 0.6 is 11.6 Å². The van der Waals surface area contributed by atoms with Crippen LogP contribution in [0.1, 0.15) is 17.2 Å². The Bertz CT molecular complexity index is 973. The molecule has 9 heteroatoms. The zero-order valence-electron chi connectivity index (χ0n) is 14.7. The second-order valence-corrected chi connectivity index (χ2v) is 6.45. The summed E-state index contributed by atoms with van der Waals surface area (Å²) < 4.78 is 40.5. The predicted octanol–water partition coefficient (Wildman–Crippen LogP) is 4.88. The van der Waals surface area contributed by atoms with Crippen molar-refractivity contribution in [1.82, 2.24) is 9.78 Å². The minimum absolute atomic E-state index is 0.00555. The molecule has 0 fully saturated rings. The molecule has 1 aromatic heterocycles. The lowest BCUT2D eigenvalue weighted by Crippen LogP contribution is -2.27. The van der Waals surface area contributed by atoms with Gasteiger partial charge in [-0.1, -0.05) is 41.9 Å². The molecule has 0 saturated heterocycles. The molecule has 0 radical (unpaired) electrons. The molecule has 0 unspecified atom stereocenters. The van der Waals surface area contributed by atoms with Crippen LogP contribution < -0.4 is 10.6 Å². The minimum atomic E-state index is -4.55. The number of alkyl halides is 3. The highest BCUT2D eigenvalue weighted by Crippen LogP contribution is 2.34. The Morgan fingerprint density at radius 2 is 1.86 bits per heavy atom. The molecule has 0 bridgehead atoms. The largest absolute Gasteiger partial charge is 0.416 e. The zero-order valence-corrected chi connectivity index (χ0v) is 15.4. The average Bonchev–Trinajstić information content (AvgIpc) is 3.06. The van der Waals surface area contributed by atoms with E-state index in [1.54, 1.807) is 54.3 Å². The maximum Gasteiger partial charge on any atom is 0.416 e. The van der Waals surface area contributed by atoms with E-state index in [1.165, 1.54) is 0 Å². The summed E-state index contributed by atoms with van der Waals surface area (Å²) in [7, 11) is 1.73. The summed E-state index contributed by atoms with van der Waals surface area (Å²) in [6.07, 6.45) is -2.85. The number of nitrogens with zero attached hydrogens (tertiary/aromatic N) is 2. The van der Waals surface area contributed by atoms with Gasteiger partial charge in [0.2, 0.25) is 0 Å². The van der Waals surface area contributed by atoms with Crippen LogP contribution in [0.5, 0.6) is 0 Å². The molecular weight excluding hydrogens is 393 g/mol. The number of aryl methyl sites for hydroxylation is 1. The van der Waals surface area contributed by atoms with Gasteiger partial charge in [-0.3, -0.25) is 9.48 Å². The Kier molecular flexibility index (Phi) is 5.60. The molecule has 1 atom stereocenters. The molecule has 3 rings (SSSR count). The fourth-order valence-electron chi connectivity index (χ4n) is 2.59. The first-order valence-corrected chi connectivity index (χ1v) is 8.60. The van der Waals surface area contributed by atoms with E-state index in [-0.39, 0.29) is 10.7 Å². The number of hydrogen-bond donors (Lipinski definition) is 2. The van der Waals surface area contributed by atoms with Gasteiger partial charge in [0, 0.05) is 19.3 Å². The van der Waals surface area contributed by atoms with Crippen LogP contribution in [0.25, 0.3) is 0 Å². The SMILES string of the molecule is Cn1ccc(N[C@@H](C(=O)Nc2cc(C(F)(F)F)ccc2Cl)c2ccccc2)n1. The smallest absolute Gasteiger partial charge is 0.353 e. The molecule has 0 spiro atoms. The molecule has 2 aromatic carbocycles. The second-order valence-electron chi connectivity index (χ2n) is 6.04. The van der Waals surface area contributed by atoms with Gasteiger partial charge < -0.3 is 10.6 Å². The molecule has 146 valence electrons. The molecule has 2 N–H and O–H groups in total. The lowest BCUT2D eigenvalue weighted by Gasteiger charge is -2.19. The minimum Gasteiger partial charge on any atom is -0.353 e. The highest BCUT2D eigenvalue weighted by molar-refractivity contribution is 6.33. The molecule has 3 aromatic rings. The van der Waals surface area contributed by atoms with Crippen LogP contribution in [-0.4, -0.2) is 15.7 Å². The third-order valence-electron chi connectivity index (χ3n) is 3.95. The van der Waals surface area contributed by atoms with Crippen molar-refractivity contribution in [2.45, 2.75) is 12.2 Å². The molecule has 0 aliphatic heterocycles. The maximum atomic E-state index is 13.0. The second kappa shape index (κ2) is 7.93. The number of hydrogen-bond acceptors (Lipinski definition) is 3. The van der Waals surface area contributed by atoms with Crippen LogP contribution in [0.3, 0.4) is 0 Å². The van der Waals surface area contributed by atoms with Gasteiger partial charge in [0.25, 0.3) is 5.91 Å². The van der Waals surface area contributed by atoms with Crippen molar-refractivity contribution in [3.8, 4) is 0 Å². The first-order chi connectivity index (χ1) is 13.2. The molecule has 0 aliphatic carbocycles. The number of amides is 1. The van der Waals surface area contributed by atoms with Crippen molar-refractivity contribution < 1.29 is 18.0 Å². The average molecular weight is 409 g/mol. The number of aromatic nitrogens is 2. The standard InChI is InChI=1S/C19H16ClF3N4O/c1-27-10-9-16(26-27)25-17(12-5-3-2-4-6-12)18(28)24-15-11-13(19(21,22)23)7-8-14(15)20/h2-11,17H,1H3,(H,24,28)(H,25,26)/t17-/m1/s1. The summed E-state index contributed by atoms with van der Waals surface area (Å²) in [5, 5.41) is 9.66. The fraction of sp³-hybridized carbons (Fsp3) is 0.158. The van der Waals surface area contributed by atoms with Crippen molar-refractivity contribution >= 4 is 29.0 Å². The summed E-state index contributed by atoms with van der Waals surface area (Å²) in [5.41, 5.74) is -0.403. The van der Waals surface area contributed by atoms with Gasteiger partial charge in [-0.2, -0.15) is 18.3 Å². The lowest BCUT2D eigenvalue weighted by atomic mass is 10.1. The van der Waals surface area contributed by atoms with Crippen LogP contribution in [-0.2, 0) is 18.0 Å². The van der Waals surface area contributed by atoms with E-state index >= 15 is 0 Å². The summed E-state index contributed by atoms with van der Waals surface area (Å²) in [4.78, 5) is 12.9. The first kappa shape index (κ1) is 19.8. The maximum absolute atomic E-state index is 13.0. The van der Waals surface area contributed by atoms with Crippen LogP contribution in [0.2, 0.25) is 5.02 Å². The molecule has 0 saturated carbocycles. The van der Waals surface area contributed by atoms with Crippen LogP contribution in [0, 0.1) is 0 Å². The highest BCUT2D eigenvalue weighted by Gasteiger charge is 2.31. The van der Waals surface area contributed by atoms with E-state index in [2.05, 4.69) is 15.7 Å². The number of anilines is 2. The Hall–Kier alpha value is -3.00. The van der Waals surface area contributed by atoms with Crippen molar-refractivity contribution in [2.75, 3.05) is 10.6 Å². The molecule has 1 amide bonds. The van der Waals surface area contributed by atoms with Crippen molar-refractivity contribution in [1.29, 1.82) is 0 Å². The molecule has 5 nitrogen and oxygen atoms in total. The van der Waals surface area contributed by atoms with Gasteiger partial charge in [-0.25, -0.2) is 0 Å². The Balaban J connectivity index is 1.90. The number of rotatable bonds is 5. The Labute approximate surface area is 164 Å². The quantitative estimate of drug-likeness (QED) is 0.632. The van der Waals surface area contributed by atoms with Crippen molar-refractivity contribution in [3.63, 3.8) is 0 Å². The number of benzene rings is 2. The van der Waals surface area contributed by atoms with E-state index in [9.17, 15) is 18.0 Å². The van der Waals surface area contributed by atoms with E-state index in [0.29, 0.717) is 11.4 Å². The number of carbonyl (C=O) groups excluding carboxylic acids is 1. The van der Waals surface area contributed by atoms with Crippen LogP contribution in [0.15, 0.2) is 60.8 Å². The van der Waals surface area contributed by atoms with E-state index < -0.39 is 23.7 Å². The number of carbonyl (C=O) groups is 1. The summed E-state index contributed by atoms with van der Waals surface area (Å²) in [5.74, 6) is -0.125. The lowest BCUT2D eigenvalue weighted by molar-refractivity contribution is -0.137. The topological polar surface area (TPSA) is 59.0 Å². The Morgan fingerprint density at radius 3 is 2.46 bits per heavy atom. The van der Waals surface area contributed by atoms with Crippen molar-refractivity contribution in [3.05, 3.63) is 76.9 Å². The van der Waals surface area contributed by atoms with Crippen molar-refractivity contribution in [2.24, 2.45) is 7.05 Å². The summed E-state index contributed by atoms with van der Waals surface area (Å²) in [6.45, 7) is 0. The fourth-order valence-corrected chi connectivity index (χ4v) is 2.75. The molecule has 0 aliphatic rings. The third kappa shape index (κ3) is 4.64. The summed E-state index contributed by atoms with van der Waals surface area (Å²) in [6, 6.07) is 12.3. The third-order valence-corrected chi connectivity index (χ3v) is 4.28. The zero-order chi connectivity index (χ0) is 20.3. The van der Waals surface area contributed by atoms with Gasteiger partial charge in [0.05, 0.1) is 16.3 Å². The summed E-state index contributed by atoms with van der Waals surface area (Å²) >= 11 is 5.99. The van der Waals surface area contributed by atoms with Gasteiger partial charge in [-0.15, -0.1) is 0 Å². The van der Waals surface area contributed by atoms with E-state index in [0.717, 1.165) is 18.2 Å². The van der Waals surface area contributed by atoms with E-state index in [1.807, 2.05) is 0 Å². The van der Waals surface area contributed by atoms with Gasteiger partial charge in [-0.05, 0) is 23.8 Å². The number of halogens is 4. The van der Waals surface area contributed by atoms with Gasteiger partial charge >= 0.3 is 6.18 Å². The van der Waals surface area contributed by atoms with Crippen LogP contribution in [0.4, 0.5) is 24.7 Å². The molecule has 1 heterocycles. The van der Waals surface area contributed by atoms with E-state index in [4.69, 9.17) is 11.6 Å². The molecule has 28 heavy (non-hydrogen) atoms. The van der Waals surface area contributed by atoms with Gasteiger partial charge in [0.15, 0.2) is 0 Å². The highest BCUT2D eigenvalue weighted by atomic mass is 35.5. The normalized spacial score (nSPS) is 12.5. The predicted molar refractivity (Wildman–Crippen MR) is 101 cm³/mol. The Morgan fingerprint density at radius 1 is 1.14 bits per heavy atom. The monoisotopic (exact) mass is 408 g/mol. The number of nitrogens with one attached hydrogen (secondary N) is 2.